The molecule has 2 aromatic rings. The first-order valence-electron chi connectivity index (χ1n) is 5.83. The summed E-state index contributed by atoms with van der Waals surface area (Å²) in [6.45, 7) is 0. The zero-order valence-electron chi connectivity index (χ0n) is 10.3. The Morgan fingerprint density at radius 3 is 2.25 bits per heavy atom. The second-order valence-electron chi connectivity index (χ2n) is 4.04. The van der Waals surface area contributed by atoms with E-state index in [0.717, 1.165) is 6.07 Å². The monoisotopic (exact) mass is 272 g/mol. The molecule has 0 aromatic heterocycles. The number of halogens is 2. The van der Waals surface area contributed by atoms with Crippen molar-refractivity contribution in [3.05, 3.63) is 71.3 Å². The maximum atomic E-state index is 13.6. The number of nitrogens with one attached hydrogen (secondary N) is 1. The van der Waals surface area contributed by atoms with Crippen molar-refractivity contribution in [3.8, 4) is 6.07 Å². The lowest BCUT2D eigenvalue weighted by Crippen LogP contribution is -2.28. The first kappa shape index (κ1) is 13.7. The molecule has 0 radical (unpaired) electrons. The Balaban J connectivity index is 2.24. The summed E-state index contributed by atoms with van der Waals surface area (Å²) < 4.78 is 27.0. The van der Waals surface area contributed by atoms with Crippen LogP contribution in [0, 0.1) is 23.0 Å². The van der Waals surface area contributed by atoms with Crippen LogP contribution in [0.25, 0.3) is 0 Å². The zero-order valence-corrected chi connectivity index (χ0v) is 10.3. The molecule has 3 nitrogen and oxygen atoms in total. The van der Waals surface area contributed by atoms with Crippen LogP contribution < -0.4 is 5.32 Å². The minimum absolute atomic E-state index is 0.0414. The van der Waals surface area contributed by atoms with Crippen LogP contribution in [-0.2, 0) is 0 Å². The average molecular weight is 272 g/mol. The van der Waals surface area contributed by atoms with Gasteiger partial charge in [-0.2, -0.15) is 5.26 Å². The molecule has 0 aliphatic heterocycles. The van der Waals surface area contributed by atoms with Crippen LogP contribution in [0.1, 0.15) is 22.0 Å². The highest BCUT2D eigenvalue weighted by Crippen LogP contribution is 2.17. The van der Waals surface area contributed by atoms with E-state index in [9.17, 15) is 13.6 Å². The largest absolute Gasteiger partial charge is 0.332 e. The van der Waals surface area contributed by atoms with Gasteiger partial charge in [0.25, 0.3) is 5.91 Å². The molecule has 2 rings (SSSR count). The van der Waals surface area contributed by atoms with Crippen molar-refractivity contribution in [2.45, 2.75) is 6.04 Å². The van der Waals surface area contributed by atoms with Crippen LogP contribution >= 0.6 is 0 Å². The summed E-state index contributed by atoms with van der Waals surface area (Å²) >= 11 is 0. The van der Waals surface area contributed by atoms with Crippen LogP contribution in [-0.4, -0.2) is 5.91 Å². The molecule has 1 amide bonds. The molecule has 0 aliphatic carbocycles. The number of hydrogen-bond acceptors (Lipinski definition) is 2. The number of carbonyl (C=O) groups is 1. The molecule has 0 saturated carbocycles. The summed E-state index contributed by atoms with van der Waals surface area (Å²) in [5.74, 6) is -2.07. The van der Waals surface area contributed by atoms with Gasteiger partial charge in [-0.3, -0.25) is 4.79 Å². The Hall–Kier alpha value is -2.74. The Morgan fingerprint density at radius 2 is 1.65 bits per heavy atom. The minimum Gasteiger partial charge on any atom is -0.332 e. The van der Waals surface area contributed by atoms with E-state index in [1.54, 1.807) is 12.1 Å². The fraction of sp³-hybridized carbons (Fsp3) is 0.0667. The maximum absolute atomic E-state index is 13.6. The van der Waals surface area contributed by atoms with Crippen LogP contribution in [0.3, 0.4) is 0 Å². The van der Waals surface area contributed by atoms with E-state index in [0.29, 0.717) is 0 Å². The highest BCUT2D eigenvalue weighted by Gasteiger charge is 2.19. The third kappa shape index (κ3) is 2.81. The molecule has 2 aromatic carbocycles. The first-order valence-corrected chi connectivity index (χ1v) is 5.83. The first-order chi connectivity index (χ1) is 9.63. The summed E-state index contributed by atoms with van der Waals surface area (Å²) in [5, 5.41) is 11.3. The summed E-state index contributed by atoms with van der Waals surface area (Å²) in [5.41, 5.74) is -0.149. The van der Waals surface area contributed by atoms with Crippen molar-refractivity contribution >= 4 is 5.91 Å². The van der Waals surface area contributed by atoms with Crippen molar-refractivity contribution in [2.75, 3.05) is 0 Å². The van der Waals surface area contributed by atoms with Crippen LogP contribution in [0.15, 0.2) is 48.5 Å². The van der Waals surface area contributed by atoms with Gasteiger partial charge >= 0.3 is 0 Å². The van der Waals surface area contributed by atoms with Gasteiger partial charge in [-0.25, -0.2) is 8.78 Å². The number of hydrogen-bond donors (Lipinski definition) is 1. The predicted octanol–water partition coefficient (Wildman–Crippen LogP) is 2.96. The van der Waals surface area contributed by atoms with Crippen molar-refractivity contribution in [1.29, 1.82) is 5.26 Å². The van der Waals surface area contributed by atoms with E-state index >= 15 is 0 Å². The van der Waals surface area contributed by atoms with Gasteiger partial charge in [0.05, 0.1) is 11.6 Å². The average Bonchev–Trinajstić information content (AvgIpc) is 2.46. The normalized spacial score (nSPS) is 11.4. The van der Waals surface area contributed by atoms with E-state index in [4.69, 9.17) is 5.26 Å². The summed E-state index contributed by atoms with van der Waals surface area (Å²) in [6, 6.07) is 11.6. The molecule has 1 atom stereocenters. The lowest BCUT2D eigenvalue weighted by Gasteiger charge is -2.13. The zero-order chi connectivity index (χ0) is 14.5. The van der Waals surface area contributed by atoms with Gasteiger partial charge in [0.15, 0.2) is 0 Å². The molecule has 0 fully saturated rings. The molecule has 0 heterocycles. The van der Waals surface area contributed by atoms with Crippen LogP contribution in [0.5, 0.6) is 0 Å². The minimum atomic E-state index is -1.18. The van der Waals surface area contributed by atoms with Gasteiger partial charge in [-0.15, -0.1) is 0 Å². The van der Waals surface area contributed by atoms with Crippen molar-refractivity contribution in [3.63, 3.8) is 0 Å². The molecule has 0 aliphatic rings. The molecule has 0 saturated heterocycles. The number of benzene rings is 2. The number of nitriles is 1. The van der Waals surface area contributed by atoms with E-state index in [2.05, 4.69) is 5.32 Å². The van der Waals surface area contributed by atoms with Crippen LogP contribution in [0.2, 0.25) is 0 Å². The van der Waals surface area contributed by atoms with E-state index in [-0.39, 0.29) is 11.1 Å². The van der Waals surface area contributed by atoms with Gasteiger partial charge in [-0.05, 0) is 18.2 Å². The second-order valence-corrected chi connectivity index (χ2v) is 4.04. The lowest BCUT2D eigenvalue weighted by molar-refractivity contribution is 0.0940. The highest BCUT2D eigenvalue weighted by molar-refractivity contribution is 5.94. The number of amides is 1. The van der Waals surface area contributed by atoms with Gasteiger partial charge < -0.3 is 5.32 Å². The number of nitrogens with zero attached hydrogens (tertiary/aromatic N) is 1. The smallest absolute Gasteiger partial charge is 0.255 e. The molecule has 1 unspecified atom stereocenters. The number of carbonyl (C=O) groups excluding carboxylic acids is 1. The summed E-state index contributed by atoms with van der Waals surface area (Å²) in [6.07, 6.45) is 0. The van der Waals surface area contributed by atoms with E-state index in [1.807, 2.05) is 0 Å². The molecule has 0 spiro atoms. The van der Waals surface area contributed by atoms with Gasteiger partial charge in [0, 0.05) is 5.56 Å². The second kappa shape index (κ2) is 5.93. The quantitative estimate of drug-likeness (QED) is 0.933. The summed E-state index contributed by atoms with van der Waals surface area (Å²) in [7, 11) is 0. The SMILES string of the molecule is N#CC(NC(=O)c1ccccc1F)c1ccccc1F. The molecule has 5 heteroatoms. The van der Waals surface area contributed by atoms with E-state index < -0.39 is 23.6 Å². The van der Waals surface area contributed by atoms with Crippen LogP contribution in [0.4, 0.5) is 8.78 Å². The summed E-state index contributed by atoms with van der Waals surface area (Å²) in [4.78, 5) is 11.9. The van der Waals surface area contributed by atoms with Gasteiger partial charge in [0.1, 0.15) is 17.7 Å². The third-order valence-electron chi connectivity index (χ3n) is 2.74. The van der Waals surface area contributed by atoms with Gasteiger partial charge in [-0.1, -0.05) is 30.3 Å². The van der Waals surface area contributed by atoms with Crippen molar-refractivity contribution < 1.29 is 13.6 Å². The lowest BCUT2D eigenvalue weighted by atomic mass is 10.1. The van der Waals surface area contributed by atoms with Crippen molar-refractivity contribution in [1.82, 2.24) is 5.32 Å². The fourth-order valence-electron chi connectivity index (χ4n) is 1.74. The Kier molecular flexibility index (Phi) is 4.06. The highest BCUT2D eigenvalue weighted by atomic mass is 19.1. The number of rotatable bonds is 3. The maximum Gasteiger partial charge on any atom is 0.255 e. The Bertz CT molecular complexity index is 680. The third-order valence-corrected chi connectivity index (χ3v) is 2.74. The molecular formula is C15H10F2N2O. The van der Waals surface area contributed by atoms with Crippen molar-refractivity contribution in [2.24, 2.45) is 0 Å². The Morgan fingerprint density at radius 1 is 1.05 bits per heavy atom. The molecule has 100 valence electrons. The molecule has 1 N–H and O–H groups in total. The van der Waals surface area contributed by atoms with Gasteiger partial charge in [0.2, 0.25) is 0 Å². The molecule has 20 heavy (non-hydrogen) atoms. The molecule has 0 bridgehead atoms. The molecular weight excluding hydrogens is 262 g/mol. The predicted molar refractivity (Wildman–Crippen MR) is 68.6 cm³/mol. The Labute approximate surface area is 114 Å². The standard InChI is InChI=1S/C15H10F2N2O/c16-12-7-3-1-5-10(12)14(9-18)19-15(20)11-6-2-4-8-13(11)17/h1-8,14H,(H,19,20). The topological polar surface area (TPSA) is 52.9 Å². The van der Waals surface area contributed by atoms with E-state index in [1.165, 1.54) is 36.4 Å². The fourth-order valence-corrected chi connectivity index (χ4v) is 1.74.